The second-order valence-electron chi connectivity index (χ2n) is 5.25. The molecule has 2 rings (SSSR count). The van der Waals surface area contributed by atoms with Gasteiger partial charge in [-0.2, -0.15) is 4.90 Å². The predicted molar refractivity (Wildman–Crippen MR) is 86.9 cm³/mol. The average molecular weight is 346 g/mol. The molecule has 132 valence electrons. The Hall–Kier alpha value is -3.00. The molecule has 0 spiro atoms. The predicted octanol–water partition coefficient (Wildman–Crippen LogP) is 1.13. The molecule has 25 heavy (non-hydrogen) atoms. The zero-order valence-corrected chi connectivity index (χ0v) is 13.7. The van der Waals surface area contributed by atoms with Crippen molar-refractivity contribution in [1.29, 1.82) is 0 Å². The van der Waals surface area contributed by atoms with Gasteiger partial charge in [0.15, 0.2) is 0 Å². The Kier molecular flexibility index (Phi) is 6.02. The van der Waals surface area contributed by atoms with Gasteiger partial charge in [-0.1, -0.05) is 18.7 Å². The summed E-state index contributed by atoms with van der Waals surface area (Å²) in [4.78, 5) is 47.9. The third-order valence-electron chi connectivity index (χ3n) is 3.33. The molecule has 8 nitrogen and oxygen atoms in total. The molecule has 0 saturated heterocycles. The Morgan fingerprint density at radius 3 is 2.24 bits per heavy atom. The van der Waals surface area contributed by atoms with Gasteiger partial charge in [0.25, 0.3) is 11.8 Å². The van der Waals surface area contributed by atoms with Gasteiger partial charge >= 0.3 is 12.0 Å². The molecule has 0 fully saturated rings. The number of esters is 1. The topological polar surface area (TPSA) is 102 Å². The minimum atomic E-state index is -0.802. The molecule has 1 aromatic rings. The number of benzene rings is 1. The summed E-state index contributed by atoms with van der Waals surface area (Å²) in [6.07, 6.45) is 0. The van der Waals surface area contributed by atoms with Crippen LogP contribution in [0.25, 0.3) is 0 Å². The second-order valence-corrected chi connectivity index (χ2v) is 5.25. The third-order valence-corrected chi connectivity index (χ3v) is 3.33. The van der Waals surface area contributed by atoms with E-state index in [1.54, 1.807) is 12.1 Å². The van der Waals surface area contributed by atoms with Gasteiger partial charge in [0.2, 0.25) is 0 Å². The Morgan fingerprint density at radius 1 is 1.08 bits per heavy atom. The molecule has 0 atom stereocenters. The lowest BCUT2D eigenvalue weighted by Crippen LogP contribution is -2.44. The smallest absolute Gasteiger partial charge is 0.333 e. The first-order valence-corrected chi connectivity index (χ1v) is 7.59. The number of hydrogen-bond donors (Lipinski definition) is 1. The van der Waals surface area contributed by atoms with Gasteiger partial charge in [-0.15, -0.1) is 0 Å². The van der Waals surface area contributed by atoms with Crippen LogP contribution in [-0.4, -0.2) is 55.1 Å². The van der Waals surface area contributed by atoms with Gasteiger partial charge in [-0.3, -0.25) is 9.59 Å². The van der Waals surface area contributed by atoms with Crippen LogP contribution < -0.4 is 5.32 Å². The number of imide groups is 3. The van der Waals surface area contributed by atoms with Crippen molar-refractivity contribution in [3.8, 4) is 0 Å². The van der Waals surface area contributed by atoms with E-state index in [0.717, 1.165) is 0 Å². The highest BCUT2D eigenvalue weighted by molar-refractivity contribution is 6.28. The van der Waals surface area contributed by atoms with Crippen molar-refractivity contribution in [3.05, 3.63) is 47.5 Å². The highest BCUT2D eigenvalue weighted by Gasteiger charge is 2.39. The standard InChI is InChI=1S/C17H18N2O6/c1-11(2)16(22)25-10-9-24-8-7-18-17(23)19-14(20)12-5-3-4-6-13(12)15(19)21/h3-6H,1,7-10H2,2H3,(H,18,23). The quantitative estimate of drug-likeness (QED) is 0.344. The van der Waals surface area contributed by atoms with Gasteiger partial charge in [0.05, 0.1) is 24.3 Å². The summed E-state index contributed by atoms with van der Waals surface area (Å²) in [6.45, 7) is 5.44. The lowest BCUT2D eigenvalue weighted by molar-refractivity contribution is -0.140. The number of amides is 4. The van der Waals surface area contributed by atoms with Crippen LogP contribution in [0.2, 0.25) is 0 Å². The van der Waals surface area contributed by atoms with Gasteiger partial charge in [-0.05, 0) is 19.1 Å². The van der Waals surface area contributed by atoms with Crippen LogP contribution >= 0.6 is 0 Å². The molecule has 4 amide bonds. The summed E-state index contributed by atoms with van der Waals surface area (Å²) in [7, 11) is 0. The fraction of sp³-hybridized carbons (Fsp3) is 0.294. The zero-order valence-electron chi connectivity index (χ0n) is 13.7. The zero-order chi connectivity index (χ0) is 18.4. The second kappa shape index (κ2) is 8.20. The lowest BCUT2D eigenvalue weighted by Gasteiger charge is -2.13. The van der Waals surface area contributed by atoms with E-state index in [0.29, 0.717) is 10.5 Å². The van der Waals surface area contributed by atoms with Crippen molar-refractivity contribution in [2.24, 2.45) is 0 Å². The van der Waals surface area contributed by atoms with Crippen LogP contribution in [-0.2, 0) is 14.3 Å². The molecule has 8 heteroatoms. The number of urea groups is 1. The molecule has 1 N–H and O–H groups in total. The summed E-state index contributed by atoms with van der Waals surface area (Å²) in [5.41, 5.74) is 0.713. The van der Waals surface area contributed by atoms with E-state index in [2.05, 4.69) is 11.9 Å². The number of nitrogens with one attached hydrogen (secondary N) is 1. The first-order chi connectivity index (χ1) is 11.9. The van der Waals surface area contributed by atoms with E-state index in [4.69, 9.17) is 9.47 Å². The van der Waals surface area contributed by atoms with Crippen LogP contribution in [0.1, 0.15) is 27.6 Å². The highest BCUT2D eigenvalue weighted by Crippen LogP contribution is 2.22. The molecule has 1 heterocycles. The maximum atomic E-state index is 12.1. The fourth-order valence-corrected chi connectivity index (χ4v) is 2.10. The minimum Gasteiger partial charge on any atom is -0.460 e. The Morgan fingerprint density at radius 2 is 1.68 bits per heavy atom. The molecule has 1 aliphatic heterocycles. The summed E-state index contributed by atoms with van der Waals surface area (Å²) in [5.74, 6) is -1.79. The van der Waals surface area contributed by atoms with E-state index >= 15 is 0 Å². The number of carbonyl (C=O) groups is 4. The number of fused-ring (bicyclic) bond motifs is 1. The Labute approximate surface area is 144 Å². The molecule has 0 unspecified atom stereocenters. The van der Waals surface area contributed by atoms with E-state index in [9.17, 15) is 19.2 Å². The molecular formula is C17H18N2O6. The molecular weight excluding hydrogens is 328 g/mol. The molecule has 0 saturated carbocycles. The van der Waals surface area contributed by atoms with Crippen LogP contribution in [0.3, 0.4) is 0 Å². The lowest BCUT2D eigenvalue weighted by atomic mass is 10.1. The monoisotopic (exact) mass is 346 g/mol. The largest absolute Gasteiger partial charge is 0.460 e. The van der Waals surface area contributed by atoms with Crippen molar-refractivity contribution < 1.29 is 28.7 Å². The Bertz CT molecular complexity index is 693. The van der Waals surface area contributed by atoms with Gasteiger partial charge < -0.3 is 14.8 Å². The van der Waals surface area contributed by atoms with Crippen molar-refractivity contribution in [3.63, 3.8) is 0 Å². The number of ether oxygens (including phenoxy) is 2. The highest BCUT2D eigenvalue weighted by atomic mass is 16.6. The maximum Gasteiger partial charge on any atom is 0.333 e. The first-order valence-electron chi connectivity index (χ1n) is 7.59. The Balaban J connectivity index is 1.70. The van der Waals surface area contributed by atoms with Gasteiger partial charge in [0.1, 0.15) is 6.61 Å². The van der Waals surface area contributed by atoms with E-state index < -0.39 is 23.8 Å². The molecule has 0 radical (unpaired) electrons. The van der Waals surface area contributed by atoms with Crippen molar-refractivity contribution in [2.75, 3.05) is 26.4 Å². The number of rotatable bonds is 7. The van der Waals surface area contributed by atoms with E-state index in [1.165, 1.54) is 19.1 Å². The van der Waals surface area contributed by atoms with Crippen LogP contribution in [0.4, 0.5) is 4.79 Å². The number of nitrogens with zero attached hydrogens (tertiary/aromatic N) is 1. The minimum absolute atomic E-state index is 0.0675. The van der Waals surface area contributed by atoms with Gasteiger partial charge in [-0.25, -0.2) is 9.59 Å². The van der Waals surface area contributed by atoms with Crippen molar-refractivity contribution >= 4 is 23.8 Å². The summed E-state index contributed by atoms with van der Waals surface area (Å²) in [6, 6.07) is 5.44. The van der Waals surface area contributed by atoms with E-state index in [1.807, 2.05) is 0 Å². The number of carbonyl (C=O) groups excluding carboxylic acids is 4. The van der Waals surface area contributed by atoms with Crippen LogP contribution in [0.15, 0.2) is 36.4 Å². The normalized spacial score (nSPS) is 12.8. The molecule has 0 bridgehead atoms. The first kappa shape index (κ1) is 18.3. The summed E-state index contributed by atoms with van der Waals surface area (Å²) < 4.78 is 10.0. The molecule has 0 aliphatic carbocycles. The maximum absolute atomic E-state index is 12.1. The molecule has 1 aliphatic rings. The van der Waals surface area contributed by atoms with Crippen LogP contribution in [0.5, 0.6) is 0 Å². The van der Waals surface area contributed by atoms with Gasteiger partial charge in [0, 0.05) is 12.1 Å². The summed E-state index contributed by atoms with van der Waals surface area (Å²) in [5, 5.41) is 2.44. The van der Waals surface area contributed by atoms with Crippen molar-refractivity contribution in [2.45, 2.75) is 6.92 Å². The third kappa shape index (κ3) is 4.30. The van der Waals surface area contributed by atoms with E-state index in [-0.39, 0.29) is 37.5 Å². The van der Waals surface area contributed by atoms with Crippen LogP contribution in [0, 0.1) is 0 Å². The molecule has 1 aromatic carbocycles. The molecule has 0 aromatic heterocycles. The number of hydrogen-bond acceptors (Lipinski definition) is 6. The average Bonchev–Trinajstić information content (AvgIpc) is 2.85. The van der Waals surface area contributed by atoms with Crippen molar-refractivity contribution in [1.82, 2.24) is 10.2 Å². The SMILES string of the molecule is C=C(C)C(=O)OCCOCCNC(=O)N1C(=O)c2ccccc2C1=O. The summed E-state index contributed by atoms with van der Waals surface area (Å²) >= 11 is 0. The fourth-order valence-electron chi connectivity index (χ4n) is 2.10.